The van der Waals surface area contributed by atoms with Crippen LogP contribution in [-0.4, -0.2) is 121 Å². The lowest BCUT2D eigenvalue weighted by Gasteiger charge is -2.67. The molecular formula is C56H57NO19. The highest BCUT2D eigenvalue weighted by molar-refractivity contribution is 6.02. The van der Waals surface area contributed by atoms with Crippen LogP contribution >= 0.6 is 0 Å². The van der Waals surface area contributed by atoms with Crippen LogP contribution in [0.5, 0.6) is 23.0 Å². The van der Waals surface area contributed by atoms with Crippen molar-refractivity contribution in [1.82, 2.24) is 5.32 Å². The number of amides is 1. The smallest absolute Gasteiger partial charge is 0.343 e. The van der Waals surface area contributed by atoms with Gasteiger partial charge in [0.25, 0.3) is 5.91 Å². The number of esters is 5. The minimum absolute atomic E-state index is 0.0229. The number of aliphatic hydroxyl groups is 5. The normalized spacial score (nSPS) is 41.0. The molecular weight excluding hydrogens is 991 g/mol. The van der Waals surface area contributed by atoms with Gasteiger partial charge in [-0.2, -0.15) is 0 Å². The van der Waals surface area contributed by atoms with Gasteiger partial charge in [-0.1, -0.05) is 19.9 Å². The molecule has 4 saturated carbocycles. The zero-order chi connectivity index (χ0) is 54.4. The fourth-order valence-electron chi connectivity index (χ4n) is 16.4. The number of rotatable bonds is 6. The van der Waals surface area contributed by atoms with Gasteiger partial charge in [-0.25, -0.2) is 9.59 Å². The molecule has 0 unspecified atom stereocenters. The molecule has 3 aromatic rings. The Morgan fingerprint density at radius 3 is 1.93 bits per heavy atom. The van der Waals surface area contributed by atoms with E-state index in [9.17, 15) is 54.3 Å². The number of fused-ring (bicyclic) bond motifs is 16. The Kier molecular flexibility index (Phi) is 10.7. The van der Waals surface area contributed by atoms with Crippen LogP contribution in [0.15, 0.2) is 66.4 Å². The third-order valence-corrected chi connectivity index (χ3v) is 19.5. The van der Waals surface area contributed by atoms with Crippen molar-refractivity contribution >= 4 is 41.5 Å². The number of hydrogen-bond donors (Lipinski definition) is 6. The lowest BCUT2D eigenvalue weighted by molar-refractivity contribution is -0.278. The van der Waals surface area contributed by atoms with Crippen molar-refractivity contribution < 1.29 is 92.3 Å². The topological polar surface area (TPSA) is 301 Å². The van der Waals surface area contributed by atoms with Gasteiger partial charge in [0, 0.05) is 84.2 Å². The first kappa shape index (κ1) is 50.3. The fourth-order valence-corrected chi connectivity index (χ4v) is 16.4. The second kappa shape index (κ2) is 16.2. The zero-order valence-electron chi connectivity index (χ0n) is 42.6. The lowest BCUT2D eigenvalue weighted by atomic mass is 9.39. The third-order valence-electron chi connectivity index (χ3n) is 19.5. The molecule has 6 fully saturated rings. The first-order chi connectivity index (χ1) is 35.7. The molecule has 4 aliphatic heterocycles. The van der Waals surface area contributed by atoms with Crippen LogP contribution in [-0.2, 0) is 48.5 Å². The number of allylic oxidation sites excluding steroid dienone is 1. The molecule has 4 heterocycles. The number of ketones is 1. The summed E-state index contributed by atoms with van der Waals surface area (Å²) in [7, 11) is 0. The van der Waals surface area contributed by atoms with Crippen LogP contribution in [0.2, 0.25) is 0 Å². The van der Waals surface area contributed by atoms with E-state index in [0.29, 0.717) is 16.7 Å². The second-order valence-electron chi connectivity index (χ2n) is 23.0. The minimum Gasteiger partial charge on any atom is -0.459 e. The van der Waals surface area contributed by atoms with Gasteiger partial charge >= 0.3 is 29.8 Å². The lowest BCUT2D eigenvalue weighted by Crippen LogP contribution is -2.77. The van der Waals surface area contributed by atoms with E-state index in [1.807, 2.05) is 0 Å². The summed E-state index contributed by atoms with van der Waals surface area (Å²) in [4.78, 5) is 94.9. The van der Waals surface area contributed by atoms with Crippen molar-refractivity contribution in [3.8, 4) is 23.0 Å². The molecule has 3 aromatic carbocycles. The molecule has 1 amide bonds. The molecule has 9 aliphatic rings. The van der Waals surface area contributed by atoms with Gasteiger partial charge in [0.1, 0.15) is 52.9 Å². The molecule has 19 atom stereocenters. The fraction of sp³-hybridized carbons (Fsp3) is 0.518. The molecule has 5 aliphatic carbocycles. The molecule has 0 radical (unpaired) electrons. The average Bonchev–Trinajstić information content (AvgIpc) is 3.45. The predicted molar refractivity (Wildman–Crippen MR) is 256 cm³/mol. The first-order valence-corrected chi connectivity index (χ1v) is 25.5. The first-order valence-electron chi connectivity index (χ1n) is 25.5. The van der Waals surface area contributed by atoms with Crippen molar-refractivity contribution in [1.29, 1.82) is 0 Å². The van der Waals surface area contributed by atoms with Gasteiger partial charge in [0.2, 0.25) is 0 Å². The maximum atomic E-state index is 15.1. The monoisotopic (exact) mass is 1050 g/mol. The number of aliphatic hydroxyl groups excluding tert-OH is 4. The minimum atomic E-state index is -2.24. The number of nitrogens with one attached hydrogen (secondary N) is 1. The van der Waals surface area contributed by atoms with Crippen molar-refractivity contribution in [3.05, 3.63) is 94.2 Å². The van der Waals surface area contributed by atoms with E-state index in [1.54, 1.807) is 45.0 Å². The van der Waals surface area contributed by atoms with E-state index >= 15 is 4.79 Å². The number of Topliss-reactive ketones (excluding diaryl/α,β-unsaturated/α-hetero) is 1. The largest absolute Gasteiger partial charge is 0.459 e. The van der Waals surface area contributed by atoms with E-state index in [0.717, 1.165) is 6.92 Å². The average molecular weight is 1050 g/mol. The van der Waals surface area contributed by atoms with Gasteiger partial charge in [-0.05, 0) is 87.4 Å². The van der Waals surface area contributed by atoms with Crippen LogP contribution in [0.3, 0.4) is 0 Å². The summed E-state index contributed by atoms with van der Waals surface area (Å²) in [5, 5.41) is 67.1. The van der Waals surface area contributed by atoms with Crippen molar-refractivity contribution in [3.63, 3.8) is 0 Å². The molecule has 12 rings (SSSR count). The van der Waals surface area contributed by atoms with Crippen LogP contribution in [0.4, 0.5) is 0 Å². The Labute approximate surface area is 434 Å². The Morgan fingerprint density at radius 1 is 0.724 bits per heavy atom. The molecule has 20 nitrogen and oxygen atoms in total. The quantitative estimate of drug-likeness (QED) is 0.0895. The molecule has 76 heavy (non-hydrogen) atoms. The Balaban J connectivity index is 0.969. The van der Waals surface area contributed by atoms with Gasteiger partial charge in [-0.3, -0.25) is 24.0 Å². The number of epoxide rings is 1. The van der Waals surface area contributed by atoms with Crippen molar-refractivity contribution in [2.45, 2.75) is 122 Å². The second-order valence-corrected chi connectivity index (χ2v) is 23.0. The van der Waals surface area contributed by atoms with E-state index in [2.05, 4.69) is 5.32 Å². The Bertz CT molecular complexity index is 3120. The molecule has 0 aromatic heterocycles. The van der Waals surface area contributed by atoms with Crippen LogP contribution < -0.4 is 19.5 Å². The highest BCUT2D eigenvalue weighted by Crippen LogP contribution is 2.75. The molecule has 20 heteroatoms. The van der Waals surface area contributed by atoms with E-state index in [4.69, 9.17) is 33.2 Å². The summed E-state index contributed by atoms with van der Waals surface area (Å²) in [6, 6.07) is 12.1. The summed E-state index contributed by atoms with van der Waals surface area (Å²) in [5.74, 6) is -12.4. The van der Waals surface area contributed by atoms with Crippen molar-refractivity contribution in [2.75, 3.05) is 0 Å². The summed E-state index contributed by atoms with van der Waals surface area (Å²) < 4.78 is 41.1. The number of benzene rings is 3. The van der Waals surface area contributed by atoms with Gasteiger partial charge in [-0.15, -0.1) is 0 Å². The van der Waals surface area contributed by atoms with E-state index in [1.165, 1.54) is 64.1 Å². The SMILES string of the molecule is CC(=O)Oc1ccc2c(c1)Oc1cc(OC(C)=O)ccc1C21OC(=O)c2cc(C(=O)N[C@@H]3[C@H](O)[C@@H]4[C@H]([C@H](OC(C)=O)[C@H](O)[C@]5(C(C)=O)[C@@H]6[C@@H]([C@H](O)[C@@H]45)[C@]4(C)C(=C[C@H]6C)OC(=O)[C@@]4(C)O)[C@]4(C)[C@@H]3C[C@@H]3O[C@@H]3[C@@H]4O)ccc21. The summed E-state index contributed by atoms with van der Waals surface area (Å²) >= 11 is 0. The third kappa shape index (κ3) is 6.24. The molecule has 6 N–H and O–H groups in total. The standard InChI is InChI=1S/C56H57NO19/c1-20-15-36-53(7,54(8,69)51(68)75-36)41-38(20)55(21(2)58)39(44(41)63)37-40(46(48(55)65)72-24(5)61)52(6)32(19-35-45(74-35)47(52)64)42(43(37)62)57-49(66)25-9-12-29-28(16-25)50(67)76-56(29)30-13-10-26(70-22(3)59)17-33(30)73-34-18-27(71-23(4)60)11-14-31(34)56/h9-18,20,32,35,37-48,62-65,69H,19H2,1-8H3,(H,57,66)/t20-,32-,35+,37+,38+,39-,40-,41+,42+,43-,44-,45+,46+,47+,48+,52+,53+,54-,55-/m1/s1. The van der Waals surface area contributed by atoms with Crippen LogP contribution in [0, 0.1) is 57.7 Å². The summed E-state index contributed by atoms with van der Waals surface area (Å²) in [5.41, 5.74) is -8.25. The number of carbonyl (C=O) groups is 7. The van der Waals surface area contributed by atoms with Gasteiger partial charge in [0.15, 0.2) is 11.2 Å². The number of hydrogen-bond acceptors (Lipinski definition) is 19. The van der Waals surface area contributed by atoms with Crippen molar-refractivity contribution in [2.24, 2.45) is 57.7 Å². The zero-order valence-corrected chi connectivity index (χ0v) is 42.6. The highest BCUT2D eigenvalue weighted by atomic mass is 16.6. The molecule has 400 valence electrons. The van der Waals surface area contributed by atoms with E-state index in [-0.39, 0.29) is 46.3 Å². The predicted octanol–water partition coefficient (Wildman–Crippen LogP) is 2.92. The summed E-state index contributed by atoms with van der Waals surface area (Å²) in [6.45, 7) is 11.1. The Hall–Kier alpha value is -6.55. The van der Waals surface area contributed by atoms with Gasteiger partial charge < -0.3 is 64.0 Å². The highest BCUT2D eigenvalue weighted by Gasteiger charge is 2.84. The van der Waals surface area contributed by atoms with Crippen LogP contribution in [0.25, 0.3) is 0 Å². The van der Waals surface area contributed by atoms with E-state index < -0.39 is 159 Å². The maximum absolute atomic E-state index is 15.1. The summed E-state index contributed by atoms with van der Waals surface area (Å²) in [6.07, 6.45) is -7.62. The van der Waals surface area contributed by atoms with Gasteiger partial charge in [0.05, 0.1) is 46.9 Å². The Morgan fingerprint density at radius 2 is 1.34 bits per heavy atom. The molecule has 2 saturated heterocycles. The number of carbonyl (C=O) groups excluding carboxylic acids is 7. The molecule has 1 spiro atoms. The van der Waals surface area contributed by atoms with Crippen LogP contribution in [0.1, 0.15) is 99.2 Å². The maximum Gasteiger partial charge on any atom is 0.343 e. The number of ether oxygens (including phenoxy) is 7. The molecule has 0 bridgehead atoms.